The molecule has 0 radical (unpaired) electrons. The maximum atomic E-state index is 5.39. The number of piperidine rings is 1. The molecule has 1 aliphatic heterocycles. The van der Waals surface area contributed by atoms with Gasteiger partial charge in [-0.15, -0.1) is 10.2 Å². The van der Waals surface area contributed by atoms with E-state index in [9.17, 15) is 0 Å². The first-order valence-corrected chi connectivity index (χ1v) is 5.75. The molecule has 0 N–H and O–H groups in total. The Kier molecular flexibility index (Phi) is 3.56. The number of methoxy groups -OCH3 is 1. The molecule has 1 aromatic rings. The zero-order valence-corrected chi connectivity index (χ0v) is 10.1. The van der Waals surface area contributed by atoms with Gasteiger partial charge in [-0.05, 0) is 19.8 Å². The molecular weight excluding hydrogens is 206 g/mol. The minimum absolute atomic E-state index is 0.399. The van der Waals surface area contributed by atoms with Gasteiger partial charge in [-0.2, -0.15) is 0 Å². The number of likely N-dealkylation sites (tertiary alicyclic amines) is 1. The topological polar surface area (TPSA) is 51.4 Å². The Hall–Kier alpha value is -0.940. The minimum Gasteiger partial charge on any atom is -0.424 e. The summed E-state index contributed by atoms with van der Waals surface area (Å²) in [7, 11) is 1.79. The van der Waals surface area contributed by atoms with Gasteiger partial charge in [0.05, 0.1) is 12.6 Å². The first kappa shape index (κ1) is 11.5. The van der Waals surface area contributed by atoms with Gasteiger partial charge in [0.15, 0.2) is 0 Å². The van der Waals surface area contributed by atoms with Gasteiger partial charge in [0.1, 0.15) is 0 Å². The third kappa shape index (κ3) is 2.59. The summed E-state index contributed by atoms with van der Waals surface area (Å²) in [4.78, 5) is 2.36. The summed E-state index contributed by atoms with van der Waals surface area (Å²) in [6.07, 6.45) is 2.55. The third-order valence-corrected chi connectivity index (χ3v) is 3.21. The van der Waals surface area contributed by atoms with Gasteiger partial charge < -0.3 is 9.15 Å². The second-order valence-electron chi connectivity index (χ2n) is 4.42. The highest BCUT2D eigenvalue weighted by molar-refractivity contribution is 4.85. The zero-order valence-electron chi connectivity index (χ0n) is 10.1. The number of rotatable bonds is 3. The van der Waals surface area contributed by atoms with E-state index < -0.39 is 0 Å². The standard InChI is InChI=1S/C11H19N3O2/c1-8-6-10(15-3)4-5-14(8)7-11-13-12-9(2)16-11/h8,10H,4-7H2,1-3H3. The Morgan fingerprint density at radius 3 is 2.88 bits per heavy atom. The second kappa shape index (κ2) is 4.93. The van der Waals surface area contributed by atoms with Crippen LogP contribution in [0.4, 0.5) is 0 Å². The molecule has 2 rings (SSSR count). The van der Waals surface area contributed by atoms with Gasteiger partial charge in [0, 0.05) is 26.6 Å². The molecule has 0 spiro atoms. The Labute approximate surface area is 95.8 Å². The van der Waals surface area contributed by atoms with Crippen LogP contribution in [0.1, 0.15) is 31.5 Å². The van der Waals surface area contributed by atoms with E-state index >= 15 is 0 Å². The van der Waals surface area contributed by atoms with Crippen molar-refractivity contribution in [3.05, 3.63) is 11.8 Å². The molecule has 2 heterocycles. The van der Waals surface area contributed by atoms with Gasteiger partial charge in [-0.1, -0.05) is 0 Å². The normalized spacial score (nSPS) is 27.2. The Bertz CT molecular complexity index is 340. The van der Waals surface area contributed by atoms with Crippen molar-refractivity contribution in [3.63, 3.8) is 0 Å². The predicted molar refractivity (Wildman–Crippen MR) is 58.9 cm³/mol. The molecule has 1 aromatic heterocycles. The molecule has 0 amide bonds. The summed E-state index contributed by atoms with van der Waals surface area (Å²) in [5, 5.41) is 7.86. The fourth-order valence-electron chi connectivity index (χ4n) is 2.20. The lowest BCUT2D eigenvalue weighted by molar-refractivity contribution is 0.0100. The van der Waals surface area contributed by atoms with Crippen LogP contribution in [0.2, 0.25) is 0 Å². The van der Waals surface area contributed by atoms with Crippen molar-refractivity contribution in [1.82, 2.24) is 15.1 Å². The number of hydrogen-bond acceptors (Lipinski definition) is 5. The molecule has 16 heavy (non-hydrogen) atoms. The van der Waals surface area contributed by atoms with E-state index in [-0.39, 0.29) is 0 Å². The average molecular weight is 225 g/mol. The third-order valence-electron chi connectivity index (χ3n) is 3.21. The molecule has 0 aliphatic carbocycles. The molecule has 1 fully saturated rings. The number of hydrogen-bond donors (Lipinski definition) is 0. The number of aromatic nitrogens is 2. The van der Waals surface area contributed by atoms with Gasteiger partial charge in [-0.3, -0.25) is 4.90 Å². The van der Waals surface area contributed by atoms with Crippen LogP contribution in [-0.2, 0) is 11.3 Å². The Balaban J connectivity index is 1.91. The number of ether oxygens (including phenoxy) is 1. The summed E-state index contributed by atoms with van der Waals surface area (Å²) >= 11 is 0. The van der Waals surface area contributed by atoms with E-state index in [2.05, 4.69) is 22.0 Å². The highest BCUT2D eigenvalue weighted by Gasteiger charge is 2.26. The minimum atomic E-state index is 0.399. The molecule has 5 nitrogen and oxygen atoms in total. The first-order valence-electron chi connectivity index (χ1n) is 5.75. The fourth-order valence-corrected chi connectivity index (χ4v) is 2.20. The average Bonchev–Trinajstić information content (AvgIpc) is 2.67. The van der Waals surface area contributed by atoms with Crippen molar-refractivity contribution in [2.45, 2.75) is 45.4 Å². The monoisotopic (exact) mass is 225 g/mol. The van der Waals surface area contributed by atoms with Crippen LogP contribution in [0.15, 0.2) is 4.42 Å². The van der Waals surface area contributed by atoms with E-state index in [0.29, 0.717) is 23.9 Å². The lowest BCUT2D eigenvalue weighted by Gasteiger charge is -2.36. The largest absolute Gasteiger partial charge is 0.424 e. The quantitative estimate of drug-likeness (QED) is 0.777. The maximum Gasteiger partial charge on any atom is 0.230 e. The molecule has 0 aromatic carbocycles. The molecule has 0 bridgehead atoms. The van der Waals surface area contributed by atoms with Crippen LogP contribution >= 0.6 is 0 Å². The van der Waals surface area contributed by atoms with Gasteiger partial charge in [0.2, 0.25) is 11.8 Å². The van der Waals surface area contributed by atoms with Crippen LogP contribution in [0.25, 0.3) is 0 Å². The van der Waals surface area contributed by atoms with Crippen molar-refractivity contribution >= 4 is 0 Å². The van der Waals surface area contributed by atoms with E-state index in [1.165, 1.54) is 0 Å². The molecule has 90 valence electrons. The molecule has 1 aliphatic rings. The van der Waals surface area contributed by atoms with Crippen LogP contribution in [0, 0.1) is 6.92 Å². The highest BCUT2D eigenvalue weighted by atomic mass is 16.5. The molecule has 0 saturated carbocycles. The van der Waals surface area contributed by atoms with Crippen molar-refractivity contribution in [1.29, 1.82) is 0 Å². The van der Waals surface area contributed by atoms with Crippen LogP contribution in [0.3, 0.4) is 0 Å². The summed E-state index contributed by atoms with van der Waals surface area (Å²) in [5.74, 6) is 1.34. The van der Waals surface area contributed by atoms with Crippen LogP contribution in [0.5, 0.6) is 0 Å². The first-order chi connectivity index (χ1) is 7.69. The molecule has 1 saturated heterocycles. The smallest absolute Gasteiger partial charge is 0.230 e. The Morgan fingerprint density at radius 1 is 1.50 bits per heavy atom. The fraction of sp³-hybridized carbons (Fsp3) is 0.818. The highest BCUT2D eigenvalue weighted by Crippen LogP contribution is 2.20. The zero-order chi connectivity index (χ0) is 11.5. The summed E-state index contributed by atoms with van der Waals surface area (Å²) in [6, 6.07) is 0.505. The lowest BCUT2D eigenvalue weighted by Crippen LogP contribution is -2.42. The predicted octanol–water partition coefficient (Wildman–Crippen LogP) is 1.38. The van der Waals surface area contributed by atoms with Crippen molar-refractivity contribution in [2.24, 2.45) is 0 Å². The molecular formula is C11H19N3O2. The van der Waals surface area contributed by atoms with E-state index in [4.69, 9.17) is 9.15 Å². The second-order valence-corrected chi connectivity index (χ2v) is 4.42. The van der Waals surface area contributed by atoms with Crippen molar-refractivity contribution in [3.8, 4) is 0 Å². The van der Waals surface area contributed by atoms with E-state index in [1.807, 2.05) is 6.92 Å². The molecule has 5 heteroatoms. The van der Waals surface area contributed by atoms with E-state index in [0.717, 1.165) is 25.9 Å². The van der Waals surface area contributed by atoms with Crippen molar-refractivity contribution in [2.75, 3.05) is 13.7 Å². The number of aryl methyl sites for hydroxylation is 1. The van der Waals surface area contributed by atoms with Gasteiger partial charge in [0.25, 0.3) is 0 Å². The lowest BCUT2D eigenvalue weighted by atomic mass is 10.0. The maximum absolute atomic E-state index is 5.39. The molecule has 2 unspecified atom stereocenters. The van der Waals surface area contributed by atoms with E-state index in [1.54, 1.807) is 7.11 Å². The van der Waals surface area contributed by atoms with Gasteiger partial charge in [-0.25, -0.2) is 0 Å². The Morgan fingerprint density at radius 2 is 2.31 bits per heavy atom. The van der Waals surface area contributed by atoms with Gasteiger partial charge >= 0.3 is 0 Å². The molecule has 2 atom stereocenters. The number of nitrogens with zero attached hydrogens (tertiary/aromatic N) is 3. The summed E-state index contributed by atoms with van der Waals surface area (Å²) in [5.41, 5.74) is 0. The van der Waals surface area contributed by atoms with Crippen molar-refractivity contribution < 1.29 is 9.15 Å². The van der Waals surface area contributed by atoms with Crippen LogP contribution < -0.4 is 0 Å². The van der Waals surface area contributed by atoms with Crippen LogP contribution in [-0.4, -0.2) is 40.9 Å². The SMILES string of the molecule is COC1CCN(Cc2nnc(C)o2)C(C)C1. The summed E-state index contributed by atoms with van der Waals surface area (Å²) in [6.45, 7) is 5.81. The summed E-state index contributed by atoms with van der Waals surface area (Å²) < 4.78 is 10.8.